The lowest BCUT2D eigenvalue weighted by molar-refractivity contribution is -0.0499. The van der Waals surface area contributed by atoms with E-state index in [1.807, 2.05) is 24.3 Å². The number of halogens is 2. The molecule has 4 nitrogen and oxygen atoms in total. The molecule has 0 saturated heterocycles. The van der Waals surface area contributed by atoms with Gasteiger partial charge in [0.15, 0.2) is 11.5 Å². The van der Waals surface area contributed by atoms with Crippen LogP contribution in [0.3, 0.4) is 0 Å². The second kappa shape index (κ2) is 6.88. The van der Waals surface area contributed by atoms with Gasteiger partial charge < -0.3 is 19.5 Å². The Bertz CT molecular complexity index is 766. The first kappa shape index (κ1) is 16.1. The molecule has 0 saturated carbocycles. The minimum atomic E-state index is -2.79. The molecule has 0 bridgehead atoms. The van der Waals surface area contributed by atoms with Crippen molar-refractivity contribution in [3.8, 4) is 17.2 Å². The van der Waals surface area contributed by atoms with Gasteiger partial charge in [-0.25, -0.2) is 0 Å². The lowest BCUT2D eigenvalue weighted by Gasteiger charge is -2.27. The van der Waals surface area contributed by atoms with E-state index in [0.29, 0.717) is 6.54 Å². The van der Waals surface area contributed by atoms with Crippen LogP contribution >= 0.6 is 0 Å². The number of aryl methyl sites for hydroxylation is 1. The van der Waals surface area contributed by atoms with E-state index in [2.05, 4.69) is 10.1 Å². The molecule has 132 valence electrons. The molecule has 1 heterocycles. The van der Waals surface area contributed by atoms with E-state index in [-0.39, 0.29) is 18.6 Å². The van der Waals surface area contributed by atoms with Crippen LogP contribution in [-0.4, -0.2) is 13.4 Å². The molecule has 2 aromatic carbocycles. The third kappa shape index (κ3) is 3.39. The summed E-state index contributed by atoms with van der Waals surface area (Å²) in [4.78, 5) is 0. The van der Waals surface area contributed by atoms with Crippen LogP contribution in [0.5, 0.6) is 17.2 Å². The second-order valence-corrected chi connectivity index (χ2v) is 6.22. The highest BCUT2D eigenvalue weighted by Gasteiger charge is 2.22. The molecule has 4 rings (SSSR count). The smallest absolute Gasteiger partial charge is 0.387 e. The molecule has 0 amide bonds. The van der Waals surface area contributed by atoms with Gasteiger partial charge in [0.2, 0.25) is 6.79 Å². The fourth-order valence-electron chi connectivity index (χ4n) is 3.54. The van der Waals surface area contributed by atoms with Crippen molar-refractivity contribution in [3.05, 3.63) is 53.1 Å². The predicted octanol–water partition coefficient (Wildman–Crippen LogP) is 4.18. The number of para-hydroxylation sites is 1. The van der Waals surface area contributed by atoms with Crippen molar-refractivity contribution >= 4 is 0 Å². The molecular formula is C19H19F2NO3. The molecular weight excluding hydrogens is 328 g/mol. The lowest BCUT2D eigenvalue weighted by Crippen LogP contribution is -2.25. The summed E-state index contributed by atoms with van der Waals surface area (Å²) < 4.78 is 40.2. The first-order valence-electron chi connectivity index (χ1n) is 8.39. The van der Waals surface area contributed by atoms with E-state index in [4.69, 9.17) is 9.47 Å². The van der Waals surface area contributed by atoms with Crippen LogP contribution in [0.4, 0.5) is 8.78 Å². The third-order valence-corrected chi connectivity index (χ3v) is 4.67. The van der Waals surface area contributed by atoms with Crippen molar-refractivity contribution in [1.82, 2.24) is 5.32 Å². The summed E-state index contributed by atoms with van der Waals surface area (Å²) in [7, 11) is 0. The van der Waals surface area contributed by atoms with Crippen LogP contribution in [0.25, 0.3) is 0 Å². The maximum Gasteiger partial charge on any atom is 0.387 e. The molecule has 0 aromatic heterocycles. The van der Waals surface area contributed by atoms with Crippen LogP contribution in [-0.2, 0) is 13.0 Å². The first-order valence-corrected chi connectivity index (χ1v) is 8.39. The van der Waals surface area contributed by atoms with Crippen LogP contribution in [0.15, 0.2) is 36.4 Å². The Morgan fingerprint density at radius 3 is 3.00 bits per heavy atom. The molecule has 2 aliphatic rings. The molecule has 1 atom stereocenters. The van der Waals surface area contributed by atoms with E-state index in [9.17, 15) is 8.78 Å². The molecule has 0 unspecified atom stereocenters. The van der Waals surface area contributed by atoms with Crippen molar-refractivity contribution in [2.75, 3.05) is 6.79 Å². The van der Waals surface area contributed by atoms with E-state index in [1.54, 1.807) is 12.1 Å². The van der Waals surface area contributed by atoms with Gasteiger partial charge in [0.1, 0.15) is 5.75 Å². The van der Waals surface area contributed by atoms with Gasteiger partial charge in [-0.2, -0.15) is 8.78 Å². The zero-order chi connectivity index (χ0) is 17.2. The lowest BCUT2D eigenvalue weighted by atomic mass is 9.87. The Morgan fingerprint density at radius 2 is 2.12 bits per heavy atom. The minimum absolute atomic E-state index is 0.183. The van der Waals surface area contributed by atoms with Crippen LogP contribution in [0, 0.1) is 0 Å². The standard InChI is InChI=1S/C19H19F2NO3/c20-19(21)25-14-7-8-15-12(9-14)3-1-5-16(15)22-10-13-4-2-6-17-18(13)24-11-23-17/h2,4,6-9,16,19,22H,1,3,5,10-11H2/t16-/m1/s1. The van der Waals surface area contributed by atoms with Gasteiger partial charge in [-0.05, 0) is 48.6 Å². The number of alkyl halides is 2. The molecule has 0 spiro atoms. The molecule has 1 N–H and O–H groups in total. The fourth-order valence-corrected chi connectivity index (χ4v) is 3.54. The summed E-state index contributed by atoms with van der Waals surface area (Å²) in [5, 5.41) is 3.56. The molecule has 25 heavy (non-hydrogen) atoms. The van der Waals surface area contributed by atoms with Gasteiger partial charge in [0, 0.05) is 18.2 Å². The summed E-state index contributed by atoms with van der Waals surface area (Å²) in [5.41, 5.74) is 3.28. The van der Waals surface area contributed by atoms with Crippen molar-refractivity contribution < 1.29 is 23.0 Å². The maximum absolute atomic E-state index is 12.4. The Kier molecular flexibility index (Phi) is 4.44. The van der Waals surface area contributed by atoms with E-state index >= 15 is 0 Å². The molecule has 6 heteroatoms. The number of hydrogen-bond donors (Lipinski definition) is 1. The van der Waals surface area contributed by atoms with Gasteiger partial charge in [-0.1, -0.05) is 18.2 Å². The summed E-state index contributed by atoms with van der Waals surface area (Å²) in [6.45, 7) is -1.88. The summed E-state index contributed by atoms with van der Waals surface area (Å²) in [6, 6.07) is 11.3. The van der Waals surface area contributed by atoms with Gasteiger partial charge in [0.25, 0.3) is 0 Å². The van der Waals surface area contributed by atoms with Crippen molar-refractivity contribution in [2.24, 2.45) is 0 Å². The van der Waals surface area contributed by atoms with Crippen LogP contribution in [0.1, 0.15) is 35.6 Å². The number of benzene rings is 2. The van der Waals surface area contributed by atoms with Gasteiger partial charge in [0.05, 0.1) is 0 Å². The average molecular weight is 347 g/mol. The second-order valence-electron chi connectivity index (χ2n) is 6.22. The van der Waals surface area contributed by atoms with Crippen molar-refractivity contribution in [1.29, 1.82) is 0 Å². The largest absolute Gasteiger partial charge is 0.454 e. The maximum atomic E-state index is 12.4. The minimum Gasteiger partial charge on any atom is -0.454 e. The number of rotatable bonds is 5. The molecule has 1 aliphatic heterocycles. The van der Waals surface area contributed by atoms with E-state index < -0.39 is 6.61 Å². The normalized spacial score (nSPS) is 18.3. The van der Waals surface area contributed by atoms with Crippen LogP contribution < -0.4 is 19.5 Å². The topological polar surface area (TPSA) is 39.7 Å². The zero-order valence-electron chi connectivity index (χ0n) is 13.6. The van der Waals surface area contributed by atoms with Gasteiger partial charge in [-0.3, -0.25) is 0 Å². The van der Waals surface area contributed by atoms with Crippen LogP contribution in [0.2, 0.25) is 0 Å². The first-order chi connectivity index (χ1) is 12.2. The Balaban J connectivity index is 1.49. The molecule has 0 fully saturated rings. The summed E-state index contributed by atoms with van der Waals surface area (Å²) in [5.74, 6) is 1.80. The predicted molar refractivity (Wildman–Crippen MR) is 88.2 cm³/mol. The monoisotopic (exact) mass is 347 g/mol. The molecule has 0 radical (unpaired) electrons. The van der Waals surface area contributed by atoms with Crippen molar-refractivity contribution in [3.63, 3.8) is 0 Å². The van der Waals surface area contributed by atoms with E-state index in [1.165, 1.54) is 0 Å². The van der Waals surface area contributed by atoms with Gasteiger partial charge >= 0.3 is 6.61 Å². The average Bonchev–Trinajstić information content (AvgIpc) is 3.08. The van der Waals surface area contributed by atoms with E-state index in [0.717, 1.165) is 47.5 Å². The SMILES string of the molecule is FC(F)Oc1ccc2c(c1)CCC[C@H]2NCc1cccc2c1OCO2. The Morgan fingerprint density at radius 1 is 1.20 bits per heavy atom. The quantitative estimate of drug-likeness (QED) is 0.881. The summed E-state index contributed by atoms with van der Waals surface area (Å²) >= 11 is 0. The fraction of sp³-hybridized carbons (Fsp3) is 0.368. The Labute approximate surface area is 144 Å². The molecule has 2 aromatic rings. The highest BCUT2D eigenvalue weighted by Crippen LogP contribution is 2.37. The number of hydrogen-bond acceptors (Lipinski definition) is 4. The molecule has 1 aliphatic carbocycles. The van der Waals surface area contributed by atoms with Gasteiger partial charge in [-0.15, -0.1) is 0 Å². The highest BCUT2D eigenvalue weighted by atomic mass is 19.3. The summed E-state index contributed by atoms with van der Waals surface area (Å²) in [6.07, 6.45) is 2.90. The zero-order valence-corrected chi connectivity index (χ0v) is 13.6. The third-order valence-electron chi connectivity index (χ3n) is 4.67. The van der Waals surface area contributed by atoms with Crippen molar-refractivity contribution in [2.45, 2.75) is 38.5 Å². The number of fused-ring (bicyclic) bond motifs is 2. The Hall–Kier alpha value is -2.34. The number of ether oxygens (including phenoxy) is 3. The number of nitrogens with one attached hydrogen (secondary N) is 1. The highest BCUT2D eigenvalue weighted by molar-refractivity contribution is 5.48.